The van der Waals surface area contributed by atoms with E-state index in [0.29, 0.717) is 19.5 Å². The van der Waals surface area contributed by atoms with Crippen molar-refractivity contribution in [2.75, 3.05) is 13.1 Å². The standard InChI is InChI=1S/C13H14N2OS.C10H20N2O2/c1-9(14-7-16)11-3-5-12(6-4-11)13-10(2)15-8-17-13;1-10(2,3)8(11)9(14)12-5-4-7(13)6-12/h3-9H,1-2H3,(H,14,16);7-8,13H,4-6,11H2,1-3H3. The number of carbonyl (C=O) groups is 2. The fourth-order valence-corrected chi connectivity index (χ4v) is 4.02. The highest BCUT2D eigenvalue weighted by Gasteiger charge is 2.34. The molecule has 3 unspecified atom stereocenters. The van der Waals surface area contributed by atoms with Crippen molar-refractivity contribution in [2.45, 2.75) is 59.2 Å². The SMILES string of the molecule is CC(C)(C)C(N)C(=O)N1CCC(O)C1.Cc1ncsc1-c1ccc(C(C)NC=O)cc1. The lowest BCUT2D eigenvalue weighted by atomic mass is 9.86. The molecule has 1 aromatic carbocycles. The lowest BCUT2D eigenvalue weighted by Gasteiger charge is -2.29. The molecule has 1 aliphatic rings. The number of likely N-dealkylation sites (tertiary alicyclic amines) is 1. The molecule has 0 spiro atoms. The van der Waals surface area contributed by atoms with E-state index in [-0.39, 0.29) is 23.5 Å². The van der Waals surface area contributed by atoms with Gasteiger partial charge in [-0.15, -0.1) is 11.3 Å². The van der Waals surface area contributed by atoms with E-state index in [1.165, 1.54) is 10.4 Å². The smallest absolute Gasteiger partial charge is 0.240 e. The van der Waals surface area contributed by atoms with Crippen LogP contribution in [-0.2, 0) is 9.59 Å². The van der Waals surface area contributed by atoms with Gasteiger partial charge in [0.25, 0.3) is 0 Å². The third-order valence-electron chi connectivity index (χ3n) is 5.41. The Bertz CT molecular complexity index is 860. The van der Waals surface area contributed by atoms with Crippen molar-refractivity contribution in [3.05, 3.63) is 41.0 Å². The third-order valence-corrected chi connectivity index (χ3v) is 6.39. The van der Waals surface area contributed by atoms with Crippen LogP contribution in [0.1, 0.15) is 51.4 Å². The van der Waals surface area contributed by atoms with Gasteiger partial charge >= 0.3 is 0 Å². The zero-order chi connectivity index (χ0) is 23.2. The Morgan fingerprint density at radius 1 is 1.35 bits per heavy atom. The Morgan fingerprint density at radius 3 is 2.45 bits per heavy atom. The van der Waals surface area contributed by atoms with Gasteiger partial charge < -0.3 is 21.1 Å². The maximum Gasteiger partial charge on any atom is 0.240 e. The van der Waals surface area contributed by atoms with Crippen LogP contribution in [0.5, 0.6) is 0 Å². The molecule has 0 aliphatic carbocycles. The van der Waals surface area contributed by atoms with Gasteiger partial charge in [0, 0.05) is 13.1 Å². The number of aromatic nitrogens is 1. The summed E-state index contributed by atoms with van der Waals surface area (Å²) in [7, 11) is 0. The predicted molar refractivity (Wildman–Crippen MR) is 125 cm³/mol. The van der Waals surface area contributed by atoms with Gasteiger partial charge in [-0.2, -0.15) is 0 Å². The minimum absolute atomic E-state index is 0.0455. The maximum atomic E-state index is 11.8. The molecular weight excluding hydrogens is 412 g/mol. The van der Waals surface area contributed by atoms with Crippen LogP contribution in [0, 0.1) is 12.3 Å². The van der Waals surface area contributed by atoms with Crippen molar-refractivity contribution in [1.82, 2.24) is 15.2 Å². The number of aliphatic hydroxyl groups is 1. The summed E-state index contributed by atoms with van der Waals surface area (Å²) in [5.41, 5.74) is 10.8. The minimum Gasteiger partial charge on any atom is -0.391 e. The Hall–Kier alpha value is -2.29. The summed E-state index contributed by atoms with van der Waals surface area (Å²) in [5.74, 6) is -0.0472. The van der Waals surface area contributed by atoms with Crippen LogP contribution in [0.4, 0.5) is 0 Å². The molecule has 4 N–H and O–H groups in total. The van der Waals surface area contributed by atoms with Crippen molar-refractivity contribution in [3.8, 4) is 10.4 Å². The summed E-state index contributed by atoms with van der Waals surface area (Å²) in [6.07, 6.45) is 1.03. The quantitative estimate of drug-likeness (QED) is 0.612. The van der Waals surface area contributed by atoms with Gasteiger partial charge in [-0.3, -0.25) is 9.59 Å². The van der Waals surface area contributed by atoms with Crippen LogP contribution in [0.15, 0.2) is 29.8 Å². The van der Waals surface area contributed by atoms with Crippen molar-refractivity contribution in [3.63, 3.8) is 0 Å². The summed E-state index contributed by atoms with van der Waals surface area (Å²) in [5, 5.41) is 12.0. The summed E-state index contributed by atoms with van der Waals surface area (Å²) >= 11 is 1.64. The zero-order valence-corrected chi connectivity index (χ0v) is 19.8. The number of hydrogen-bond acceptors (Lipinski definition) is 6. The Morgan fingerprint density at radius 2 is 2.00 bits per heavy atom. The number of aliphatic hydroxyl groups excluding tert-OH is 1. The molecule has 1 aromatic heterocycles. The van der Waals surface area contributed by atoms with Gasteiger partial charge in [-0.1, -0.05) is 45.0 Å². The molecule has 0 bridgehead atoms. The monoisotopic (exact) mass is 446 g/mol. The fourth-order valence-electron chi connectivity index (χ4n) is 3.21. The average Bonchev–Trinajstić information content (AvgIpc) is 3.35. The highest BCUT2D eigenvalue weighted by Crippen LogP contribution is 2.28. The number of nitrogens with zero attached hydrogens (tertiary/aromatic N) is 2. The van der Waals surface area contributed by atoms with Crippen LogP contribution in [0.25, 0.3) is 10.4 Å². The Balaban J connectivity index is 0.000000225. The molecule has 3 atom stereocenters. The molecule has 2 heterocycles. The van der Waals surface area contributed by atoms with Crippen LogP contribution >= 0.6 is 11.3 Å². The second-order valence-corrected chi connectivity index (χ2v) is 9.82. The Kier molecular flexibility index (Phi) is 8.73. The highest BCUT2D eigenvalue weighted by molar-refractivity contribution is 7.13. The molecule has 0 radical (unpaired) electrons. The van der Waals surface area contributed by atoms with Crippen LogP contribution in [0.3, 0.4) is 0 Å². The van der Waals surface area contributed by atoms with E-state index < -0.39 is 6.04 Å². The third kappa shape index (κ3) is 6.85. The number of nitrogens with two attached hydrogens (primary N) is 1. The number of nitrogens with one attached hydrogen (secondary N) is 1. The first-order valence-corrected chi connectivity index (χ1v) is 11.3. The van der Waals surface area contributed by atoms with E-state index in [1.807, 2.05) is 52.3 Å². The van der Waals surface area contributed by atoms with Gasteiger partial charge in [-0.05, 0) is 36.8 Å². The molecule has 1 fully saturated rings. The number of carbonyl (C=O) groups excluding carboxylic acids is 2. The van der Waals surface area contributed by atoms with E-state index in [1.54, 1.807) is 16.2 Å². The number of amides is 2. The molecule has 170 valence electrons. The second-order valence-electron chi connectivity index (χ2n) is 8.97. The maximum absolute atomic E-state index is 11.8. The first-order chi connectivity index (χ1) is 14.5. The normalized spacial score (nSPS) is 18.0. The summed E-state index contributed by atoms with van der Waals surface area (Å²) in [6, 6.07) is 7.78. The topological polar surface area (TPSA) is 109 Å². The molecule has 8 heteroatoms. The van der Waals surface area contributed by atoms with Crippen molar-refractivity contribution >= 4 is 23.7 Å². The molecule has 2 aromatic rings. The van der Waals surface area contributed by atoms with Gasteiger partial charge in [0.2, 0.25) is 12.3 Å². The van der Waals surface area contributed by atoms with Gasteiger partial charge in [0.1, 0.15) is 0 Å². The predicted octanol–water partition coefficient (Wildman–Crippen LogP) is 2.88. The molecule has 3 rings (SSSR count). The zero-order valence-electron chi connectivity index (χ0n) is 19.0. The van der Waals surface area contributed by atoms with E-state index >= 15 is 0 Å². The van der Waals surface area contributed by atoms with E-state index in [2.05, 4.69) is 22.4 Å². The van der Waals surface area contributed by atoms with Crippen molar-refractivity contribution < 1.29 is 14.7 Å². The van der Waals surface area contributed by atoms with Gasteiger partial charge in [0.15, 0.2) is 0 Å². The first-order valence-electron chi connectivity index (χ1n) is 10.5. The number of hydrogen-bond donors (Lipinski definition) is 3. The summed E-state index contributed by atoms with van der Waals surface area (Å²) in [6.45, 7) is 10.9. The number of β-amino-alcohol motifs (C(OH)–C–C–N with tert-alkyl or cyclic N) is 1. The largest absolute Gasteiger partial charge is 0.391 e. The lowest BCUT2D eigenvalue weighted by Crippen LogP contribution is -2.49. The van der Waals surface area contributed by atoms with Gasteiger partial charge in [-0.25, -0.2) is 4.98 Å². The minimum atomic E-state index is -0.479. The lowest BCUT2D eigenvalue weighted by molar-refractivity contribution is -0.134. The van der Waals surface area contributed by atoms with Crippen LogP contribution in [-0.4, -0.2) is 52.5 Å². The van der Waals surface area contributed by atoms with Crippen LogP contribution < -0.4 is 11.1 Å². The number of rotatable bonds is 5. The average molecular weight is 447 g/mol. The molecule has 7 nitrogen and oxygen atoms in total. The molecule has 31 heavy (non-hydrogen) atoms. The van der Waals surface area contributed by atoms with E-state index in [0.717, 1.165) is 17.7 Å². The highest BCUT2D eigenvalue weighted by atomic mass is 32.1. The molecule has 2 amide bonds. The van der Waals surface area contributed by atoms with Crippen molar-refractivity contribution in [1.29, 1.82) is 0 Å². The van der Waals surface area contributed by atoms with Gasteiger partial charge in [0.05, 0.1) is 34.3 Å². The molecular formula is C23H34N4O3S. The fraction of sp³-hybridized carbons (Fsp3) is 0.522. The number of benzene rings is 1. The van der Waals surface area contributed by atoms with E-state index in [9.17, 15) is 14.7 Å². The Labute approximate surface area is 188 Å². The summed E-state index contributed by atoms with van der Waals surface area (Å²) in [4.78, 5) is 29.3. The van der Waals surface area contributed by atoms with E-state index in [4.69, 9.17) is 5.73 Å². The van der Waals surface area contributed by atoms with Crippen LogP contribution in [0.2, 0.25) is 0 Å². The number of thiazole rings is 1. The molecule has 0 saturated carbocycles. The second kappa shape index (κ2) is 10.8. The number of aryl methyl sites for hydroxylation is 1. The molecule has 1 aliphatic heterocycles. The molecule has 1 saturated heterocycles. The summed E-state index contributed by atoms with van der Waals surface area (Å²) < 4.78 is 0. The first kappa shape index (κ1) is 25.0. The van der Waals surface area contributed by atoms with Crippen molar-refractivity contribution in [2.24, 2.45) is 11.1 Å².